The maximum Gasteiger partial charge on any atom is 0.264 e. The van der Waals surface area contributed by atoms with Gasteiger partial charge in [-0.3, -0.25) is 48.5 Å². The van der Waals surface area contributed by atoms with Gasteiger partial charge in [0.05, 0.1) is 120 Å². The summed E-state index contributed by atoms with van der Waals surface area (Å²) in [6.07, 6.45) is 13.4. The number of ether oxygens (including phenoxy) is 6. The van der Waals surface area contributed by atoms with Crippen molar-refractivity contribution in [1.29, 1.82) is 0 Å². The van der Waals surface area contributed by atoms with E-state index in [2.05, 4.69) is 55.1 Å². The molecule has 4 aromatic heterocycles. The summed E-state index contributed by atoms with van der Waals surface area (Å²) in [5.74, 6) is -1.43. The number of pyridine rings is 2. The third-order valence-corrected chi connectivity index (χ3v) is 16.4. The topological polar surface area (TPSA) is 298 Å². The van der Waals surface area contributed by atoms with Gasteiger partial charge in [-0.2, -0.15) is 5.10 Å². The van der Waals surface area contributed by atoms with Crippen molar-refractivity contribution < 1.29 is 57.2 Å². The molecule has 26 heteroatoms. The molecule has 0 bridgehead atoms. The average Bonchev–Trinajstić information content (AvgIpc) is 1.63. The molecule has 3 aliphatic heterocycles. The van der Waals surface area contributed by atoms with Crippen molar-refractivity contribution in [2.45, 2.75) is 117 Å². The van der Waals surface area contributed by atoms with Crippen molar-refractivity contribution in [3.8, 4) is 11.1 Å². The molecule has 0 aliphatic carbocycles. The minimum Gasteiger partial charge on any atom is -0.382 e. The van der Waals surface area contributed by atoms with Crippen LogP contribution in [0.25, 0.3) is 22.0 Å². The van der Waals surface area contributed by atoms with Crippen LogP contribution in [0.2, 0.25) is 0 Å². The number of H-pyrrole nitrogens is 1. The van der Waals surface area contributed by atoms with Crippen molar-refractivity contribution in [3.05, 3.63) is 117 Å². The van der Waals surface area contributed by atoms with E-state index in [1.54, 1.807) is 24.4 Å². The van der Waals surface area contributed by atoms with E-state index >= 15 is 0 Å². The number of nitrogens with one attached hydrogen (secondary N) is 4. The zero-order chi connectivity index (χ0) is 64.8. The molecule has 6 aromatic rings. The number of rotatable bonds is 38. The molecule has 494 valence electrons. The third kappa shape index (κ3) is 18.7. The molecule has 2 aromatic carbocycles. The lowest BCUT2D eigenvalue weighted by molar-refractivity contribution is -0.136. The molecule has 1 unspecified atom stereocenters. The fraction of sp³-hybridized carbons (Fsp3) is 0.530. The molecule has 0 radical (unpaired) electrons. The number of fused-ring (bicyclic) bond motifs is 2. The number of aromatic nitrogens is 7. The maximum atomic E-state index is 13.8. The molecule has 7 heterocycles. The molecule has 92 heavy (non-hydrogen) atoms. The molecule has 3 aliphatic rings. The minimum atomic E-state index is -1.02. The van der Waals surface area contributed by atoms with Crippen LogP contribution in [0.3, 0.4) is 0 Å². The third-order valence-electron chi connectivity index (χ3n) is 16.4. The average molecular weight is 1270 g/mol. The van der Waals surface area contributed by atoms with Crippen LogP contribution in [-0.2, 0) is 62.3 Å². The number of piperidine rings is 1. The first-order valence-corrected chi connectivity index (χ1v) is 32.2. The monoisotopic (exact) mass is 1270 g/mol. The Balaban J connectivity index is 0.532. The first-order chi connectivity index (χ1) is 44.7. The highest BCUT2D eigenvalue weighted by Gasteiger charge is 2.45. The van der Waals surface area contributed by atoms with Gasteiger partial charge in [-0.25, -0.2) is 9.67 Å². The summed E-state index contributed by atoms with van der Waals surface area (Å²) in [4.78, 5) is 103. The summed E-state index contributed by atoms with van der Waals surface area (Å²) >= 11 is 0. The van der Waals surface area contributed by atoms with E-state index in [1.807, 2.05) is 70.8 Å². The zero-order valence-electron chi connectivity index (χ0n) is 53.3. The van der Waals surface area contributed by atoms with Crippen LogP contribution in [0, 0.1) is 13.8 Å². The lowest BCUT2D eigenvalue weighted by Crippen LogP contribution is -2.54. The van der Waals surface area contributed by atoms with Crippen LogP contribution in [0.1, 0.15) is 131 Å². The fourth-order valence-electron chi connectivity index (χ4n) is 11.5. The fourth-order valence-corrected chi connectivity index (χ4v) is 11.5. The summed E-state index contributed by atoms with van der Waals surface area (Å²) < 4.78 is 37.4. The molecular weight excluding hydrogens is 1180 g/mol. The Labute approximate surface area is 535 Å². The normalized spacial score (nSPS) is 15.1. The second kappa shape index (κ2) is 34.4. The van der Waals surface area contributed by atoms with Gasteiger partial charge in [-0.05, 0) is 107 Å². The van der Waals surface area contributed by atoms with E-state index in [0.717, 1.165) is 94.6 Å². The Morgan fingerprint density at radius 2 is 1.40 bits per heavy atom. The van der Waals surface area contributed by atoms with E-state index < -0.39 is 29.7 Å². The Bertz CT molecular complexity index is 3520. The number of amides is 6. The smallest absolute Gasteiger partial charge is 0.264 e. The van der Waals surface area contributed by atoms with E-state index in [0.29, 0.717) is 142 Å². The Hall–Kier alpha value is -8.27. The number of carbonyl (C=O) groups excluding carboxylic acids is 6. The maximum absolute atomic E-state index is 13.8. The molecule has 0 saturated carbocycles. The summed E-state index contributed by atoms with van der Waals surface area (Å²) in [6.45, 7) is 16.7. The van der Waals surface area contributed by atoms with Gasteiger partial charge in [0, 0.05) is 98.4 Å². The summed E-state index contributed by atoms with van der Waals surface area (Å²) in [6, 6.07) is 13.8. The Morgan fingerprint density at radius 1 is 0.728 bits per heavy atom. The first-order valence-electron chi connectivity index (χ1n) is 32.2. The van der Waals surface area contributed by atoms with Crippen LogP contribution in [0.15, 0.2) is 71.9 Å². The minimum absolute atomic E-state index is 0.0577. The van der Waals surface area contributed by atoms with Crippen molar-refractivity contribution in [2.24, 2.45) is 0 Å². The number of unbranched alkanes of at least 4 members (excludes halogenated alkanes) is 5. The van der Waals surface area contributed by atoms with E-state index in [9.17, 15) is 33.6 Å². The van der Waals surface area contributed by atoms with Crippen molar-refractivity contribution in [1.82, 2.24) is 55.2 Å². The summed E-state index contributed by atoms with van der Waals surface area (Å²) in [7, 11) is 0. The number of aromatic amines is 1. The van der Waals surface area contributed by atoms with Crippen LogP contribution in [0.5, 0.6) is 0 Å². The largest absolute Gasteiger partial charge is 0.382 e. The molecule has 1 atom stereocenters. The number of nitrogens with zero attached hydrogens (tertiary/aromatic N) is 9. The lowest BCUT2D eigenvalue weighted by Gasteiger charge is -2.35. The Kier molecular flexibility index (Phi) is 25.5. The highest BCUT2D eigenvalue weighted by Crippen LogP contribution is 2.33. The van der Waals surface area contributed by atoms with E-state index in [1.165, 1.54) is 0 Å². The predicted octanol–water partition coefficient (Wildman–Crippen LogP) is 5.74. The summed E-state index contributed by atoms with van der Waals surface area (Å²) in [5.41, 5.74) is 6.77. The molecule has 2 saturated heterocycles. The number of aryl methyl sites for hydroxylation is 3. The molecule has 9 rings (SSSR count). The van der Waals surface area contributed by atoms with Crippen LogP contribution < -0.4 is 26.4 Å². The molecule has 0 spiro atoms. The van der Waals surface area contributed by atoms with Gasteiger partial charge < -0.3 is 53.8 Å². The number of piperazine rings is 1. The molecule has 6 amide bonds. The lowest BCUT2D eigenvalue weighted by atomic mass is 10.0. The van der Waals surface area contributed by atoms with Gasteiger partial charge in [0.25, 0.3) is 23.3 Å². The van der Waals surface area contributed by atoms with Crippen molar-refractivity contribution in [2.75, 3.05) is 122 Å². The molecule has 2 fully saturated rings. The predicted molar refractivity (Wildman–Crippen MR) is 342 cm³/mol. The standard InChI is InChI=1S/C66H87N13O13/c1-45(2)79-57-40-49(39-52(54(57)43-70-79)62(82)69-42-53-46(3)38-47(4)71-63(53)83)48-16-18-58(68-41-48)75-21-23-76(24-22-75)60(81)15-10-8-6-5-7-9-12-50-44-77(74-73-50)25-27-88-29-31-90-33-35-92-37-36-91-34-32-89-30-28-87-26-20-67-55-14-11-13-51-61(55)66(86)78(65(51)85)56-17-19-59(80)72-64(56)84/h11,13-14,16,18,38-41,43-45,56,67H,5-10,12,15,17,19-37,42H2,1-4H3,(H,69,82)(H,71,83)(H,72,80,84). The highest BCUT2D eigenvalue weighted by atomic mass is 16.6. The first kappa shape index (κ1) is 68.1. The number of carbonyl (C=O) groups is 6. The number of benzene rings is 2. The number of hydrogen-bond donors (Lipinski definition) is 4. The number of anilines is 2. The van der Waals surface area contributed by atoms with Gasteiger partial charge in [-0.1, -0.05) is 37.0 Å². The number of hydrogen-bond acceptors (Lipinski definition) is 19. The summed E-state index contributed by atoms with van der Waals surface area (Å²) in [5, 5.41) is 22.3. The van der Waals surface area contributed by atoms with Crippen LogP contribution >= 0.6 is 0 Å². The molecule has 26 nitrogen and oxygen atoms in total. The highest BCUT2D eigenvalue weighted by molar-refractivity contribution is 6.25. The van der Waals surface area contributed by atoms with Gasteiger partial charge in [0.2, 0.25) is 17.7 Å². The molecule has 4 N–H and O–H groups in total. The van der Waals surface area contributed by atoms with Crippen molar-refractivity contribution >= 4 is 57.9 Å². The SMILES string of the molecule is Cc1cc(C)c(CNC(=O)c2cc(-c3ccc(N4CCN(C(=O)CCCCCCCCc5cn(CCOCCOCCOCCOCCOCCOCCNc6cccc7c6C(=O)N(C6CCC(=O)NC6=O)C7=O)nn5)CC4)nc3)cc3c2cnn3C(C)C)c(=O)[nH]1. The van der Waals surface area contributed by atoms with E-state index in [-0.39, 0.29) is 53.9 Å². The van der Waals surface area contributed by atoms with Gasteiger partial charge in [0.1, 0.15) is 11.9 Å². The molecular formula is C66H87N13O13. The van der Waals surface area contributed by atoms with Gasteiger partial charge in [0.15, 0.2) is 0 Å². The van der Waals surface area contributed by atoms with Crippen LogP contribution in [0.4, 0.5) is 11.5 Å². The second-order valence-corrected chi connectivity index (χ2v) is 23.4. The van der Waals surface area contributed by atoms with Crippen LogP contribution in [-0.4, -0.2) is 198 Å². The van der Waals surface area contributed by atoms with Gasteiger partial charge in [-0.15, -0.1) is 5.10 Å². The second-order valence-electron chi connectivity index (χ2n) is 23.4. The quantitative estimate of drug-likeness (QED) is 0.0265. The van der Waals surface area contributed by atoms with E-state index in [4.69, 9.17) is 33.4 Å². The van der Waals surface area contributed by atoms with Crippen molar-refractivity contribution in [3.63, 3.8) is 0 Å². The Morgan fingerprint density at radius 3 is 2.07 bits per heavy atom. The zero-order valence-corrected chi connectivity index (χ0v) is 53.3. The number of imide groups is 2. The van der Waals surface area contributed by atoms with Gasteiger partial charge >= 0.3 is 0 Å².